The topological polar surface area (TPSA) is 78.0 Å². The predicted octanol–water partition coefficient (Wildman–Crippen LogP) is 4.48. The second-order valence-electron chi connectivity index (χ2n) is 7.21. The number of rotatable bonds is 7. The minimum Gasteiger partial charge on any atom is -0.299 e. The number of carbonyl (C=O) groups is 1. The minimum absolute atomic E-state index is 0.0451. The summed E-state index contributed by atoms with van der Waals surface area (Å²) in [4.78, 5) is 21.6. The lowest BCUT2D eigenvalue weighted by atomic mass is 9.96. The number of aromatic nitrogens is 6. The van der Waals surface area contributed by atoms with Crippen LogP contribution < -0.4 is 0 Å². The van der Waals surface area contributed by atoms with Gasteiger partial charge in [0, 0.05) is 43.7 Å². The van der Waals surface area contributed by atoms with Gasteiger partial charge in [-0.1, -0.05) is 37.0 Å². The monoisotopic (exact) mass is 442 g/mol. The van der Waals surface area contributed by atoms with Crippen molar-refractivity contribution in [3.8, 4) is 5.82 Å². The van der Waals surface area contributed by atoms with Crippen LogP contribution in [-0.4, -0.2) is 35.1 Å². The van der Waals surface area contributed by atoms with Gasteiger partial charge in [-0.25, -0.2) is 19.2 Å². The molecule has 4 aromatic heterocycles. The first-order valence-corrected chi connectivity index (χ1v) is 10.4. The van der Waals surface area contributed by atoms with Crippen molar-refractivity contribution in [3.63, 3.8) is 0 Å². The van der Waals surface area contributed by atoms with Crippen LogP contribution in [0.5, 0.6) is 0 Å². The first-order chi connectivity index (χ1) is 14.5. The van der Waals surface area contributed by atoms with E-state index in [9.17, 15) is 4.79 Å². The fraction of sp³-hybridized carbons (Fsp3) is 0.286. The number of hydrogen-bond acceptors (Lipinski definition) is 5. The number of pyridine rings is 1. The predicted molar refractivity (Wildman–Crippen MR) is 115 cm³/mol. The van der Waals surface area contributed by atoms with E-state index in [2.05, 4.69) is 34.0 Å². The average molecular weight is 443 g/mol. The van der Waals surface area contributed by atoms with E-state index in [-0.39, 0.29) is 24.5 Å². The van der Waals surface area contributed by atoms with E-state index >= 15 is 0 Å². The lowest BCUT2D eigenvalue weighted by Crippen LogP contribution is -2.14. The lowest BCUT2D eigenvalue weighted by Gasteiger charge is -2.16. The summed E-state index contributed by atoms with van der Waals surface area (Å²) >= 11 is 12.4. The molecule has 4 heterocycles. The van der Waals surface area contributed by atoms with E-state index < -0.39 is 0 Å². The molecule has 0 amide bonds. The summed E-state index contributed by atoms with van der Waals surface area (Å²) in [6, 6.07) is 5.27. The number of halogens is 2. The van der Waals surface area contributed by atoms with Gasteiger partial charge in [-0.3, -0.25) is 4.79 Å². The molecule has 4 aromatic rings. The van der Waals surface area contributed by atoms with Crippen LogP contribution in [0.2, 0.25) is 10.2 Å². The van der Waals surface area contributed by atoms with E-state index in [0.29, 0.717) is 21.6 Å². The smallest absolute Gasteiger partial charge is 0.172 e. The molecule has 0 N–H and O–H groups in total. The van der Waals surface area contributed by atoms with E-state index in [1.54, 1.807) is 52.2 Å². The van der Waals surface area contributed by atoms with Gasteiger partial charge in [-0.15, -0.1) is 0 Å². The molecule has 0 aromatic carbocycles. The molecule has 0 radical (unpaired) electrons. The van der Waals surface area contributed by atoms with Crippen LogP contribution in [0.4, 0.5) is 0 Å². The molecule has 154 valence electrons. The largest absolute Gasteiger partial charge is 0.299 e. The molecule has 4 rings (SSSR count). The van der Waals surface area contributed by atoms with Gasteiger partial charge in [0.25, 0.3) is 0 Å². The Labute approximate surface area is 183 Å². The summed E-state index contributed by atoms with van der Waals surface area (Å²) in [7, 11) is 0. The first kappa shape index (κ1) is 20.5. The van der Waals surface area contributed by atoms with Crippen molar-refractivity contribution < 1.29 is 4.79 Å². The molecule has 0 spiro atoms. The molecule has 9 heteroatoms. The molecular formula is C21H20Cl2N6O. The molecule has 0 aliphatic carbocycles. The Hall–Kier alpha value is -2.77. The summed E-state index contributed by atoms with van der Waals surface area (Å²) in [6.07, 6.45) is 8.21. The first-order valence-electron chi connectivity index (χ1n) is 9.65. The third kappa shape index (κ3) is 4.08. The van der Waals surface area contributed by atoms with Gasteiger partial charge in [0.1, 0.15) is 5.78 Å². The second kappa shape index (κ2) is 8.53. The zero-order chi connectivity index (χ0) is 21.3. The van der Waals surface area contributed by atoms with E-state index in [0.717, 1.165) is 23.2 Å². The molecule has 0 unspecified atom stereocenters. The molecular weight excluding hydrogens is 423 g/mol. The summed E-state index contributed by atoms with van der Waals surface area (Å²) in [5.41, 5.74) is 3.25. The van der Waals surface area contributed by atoms with Gasteiger partial charge in [0.15, 0.2) is 16.6 Å². The molecule has 0 saturated heterocycles. The Kier molecular flexibility index (Phi) is 5.83. The molecule has 0 aliphatic heterocycles. The summed E-state index contributed by atoms with van der Waals surface area (Å²) in [6.45, 7) is 4.21. The zero-order valence-corrected chi connectivity index (χ0v) is 18.1. The van der Waals surface area contributed by atoms with Crippen molar-refractivity contribution >= 4 is 34.6 Å². The van der Waals surface area contributed by atoms with Gasteiger partial charge in [-0.05, 0) is 35.6 Å². The number of carbonyl (C=O) groups excluding carboxylic acids is 1. The number of nitrogens with zero attached hydrogens (tertiary/aromatic N) is 6. The number of hydrogen-bond donors (Lipinski definition) is 0. The van der Waals surface area contributed by atoms with Crippen LogP contribution >= 0.6 is 23.2 Å². The fourth-order valence-electron chi connectivity index (χ4n) is 3.45. The van der Waals surface area contributed by atoms with Crippen molar-refractivity contribution in [2.75, 3.05) is 0 Å². The maximum Gasteiger partial charge on any atom is 0.172 e. The highest BCUT2D eigenvalue weighted by molar-refractivity contribution is 6.32. The third-order valence-electron chi connectivity index (χ3n) is 5.04. The van der Waals surface area contributed by atoms with Crippen LogP contribution in [-0.2, 0) is 17.6 Å². The SMILES string of the molecule is CC[C@@H](C)c1c(CC(=O)Cc2cnc(-n3cccn3)c(Cl)c2)cnc2cc(Cl)nn12. The summed E-state index contributed by atoms with van der Waals surface area (Å²) < 4.78 is 3.33. The summed E-state index contributed by atoms with van der Waals surface area (Å²) in [5.74, 6) is 0.782. The Bertz CT molecular complexity index is 1200. The maximum atomic E-state index is 12.8. The number of Topliss-reactive ketones (excluding diaryl/α,β-unsaturated/α-hetero) is 1. The van der Waals surface area contributed by atoms with E-state index in [1.165, 1.54) is 0 Å². The molecule has 30 heavy (non-hydrogen) atoms. The van der Waals surface area contributed by atoms with Crippen molar-refractivity contribution in [3.05, 3.63) is 70.0 Å². The Morgan fingerprint density at radius 2 is 2.00 bits per heavy atom. The van der Waals surface area contributed by atoms with Crippen LogP contribution in [0, 0.1) is 0 Å². The normalized spacial score (nSPS) is 12.4. The second-order valence-corrected chi connectivity index (χ2v) is 8.00. The van der Waals surface area contributed by atoms with Gasteiger partial charge in [-0.2, -0.15) is 10.2 Å². The molecule has 1 atom stereocenters. The summed E-state index contributed by atoms with van der Waals surface area (Å²) in [5, 5.41) is 9.31. The quantitative estimate of drug-likeness (QED) is 0.421. The average Bonchev–Trinajstić information content (AvgIpc) is 3.36. The van der Waals surface area contributed by atoms with Crippen molar-refractivity contribution in [2.24, 2.45) is 0 Å². The van der Waals surface area contributed by atoms with Gasteiger partial charge in [0.05, 0.1) is 10.7 Å². The van der Waals surface area contributed by atoms with Gasteiger partial charge < -0.3 is 0 Å². The van der Waals surface area contributed by atoms with Crippen LogP contribution in [0.1, 0.15) is 43.0 Å². The highest BCUT2D eigenvalue weighted by Crippen LogP contribution is 2.25. The Morgan fingerprint density at radius 3 is 2.70 bits per heavy atom. The highest BCUT2D eigenvalue weighted by atomic mass is 35.5. The highest BCUT2D eigenvalue weighted by Gasteiger charge is 2.19. The van der Waals surface area contributed by atoms with E-state index in [4.69, 9.17) is 23.2 Å². The van der Waals surface area contributed by atoms with Crippen LogP contribution in [0.15, 0.2) is 43.0 Å². The lowest BCUT2D eigenvalue weighted by molar-refractivity contribution is -0.117. The molecule has 0 fully saturated rings. The third-order valence-corrected chi connectivity index (χ3v) is 5.50. The van der Waals surface area contributed by atoms with Crippen molar-refractivity contribution in [1.82, 2.24) is 29.4 Å². The van der Waals surface area contributed by atoms with Crippen LogP contribution in [0.25, 0.3) is 11.5 Å². The van der Waals surface area contributed by atoms with E-state index in [1.807, 2.05) is 0 Å². The molecule has 0 aliphatic rings. The Balaban J connectivity index is 1.57. The van der Waals surface area contributed by atoms with Crippen molar-refractivity contribution in [2.45, 2.75) is 39.0 Å². The molecule has 0 saturated carbocycles. The van der Waals surface area contributed by atoms with Crippen LogP contribution in [0.3, 0.4) is 0 Å². The number of fused-ring (bicyclic) bond motifs is 1. The van der Waals surface area contributed by atoms with Crippen molar-refractivity contribution in [1.29, 1.82) is 0 Å². The van der Waals surface area contributed by atoms with Gasteiger partial charge >= 0.3 is 0 Å². The minimum atomic E-state index is 0.0451. The Morgan fingerprint density at radius 1 is 1.17 bits per heavy atom. The molecule has 0 bridgehead atoms. The number of ketones is 1. The fourth-order valence-corrected chi connectivity index (χ4v) is 3.89. The standard InChI is InChI=1S/C21H20Cl2N6O/c1-3-13(2)20-15(12-24-19-10-18(23)27-29(19)20)9-16(30)7-14-8-17(22)21(25-11-14)28-6-4-5-26-28/h4-6,8,10-13H,3,7,9H2,1-2H3/t13-/m1/s1. The zero-order valence-electron chi connectivity index (χ0n) is 16.6. The molecule has 7 nitrogen and oxygen atoms in total. The van der Waals surface area contributed by atoms with Gasteiger partial charge in [0.2, 0.25) is 0 Å². The maximum absolute atomic E-state index is 12.8.